The molecule has 0 saturated carbocycles. The van der Waals surface area contributed by atoms with E-state index in [2.05, 4.69) is 31.2 Å². The third-order valence-electron chi connectivity index (χ3n) is 6.11. The number of piperidine rings is 1. The monoisotopic (exact) mass is 427 g/mol. The van der Waals surface area contributed by atoms with Gasteiger partial charge in [0.1, 0.15) is 11.6 Å². The van der Waals surface area contributed by atoms with Crippen molar-refractivity contribution in [3.63, 3.8) is 0 Å². The van der Waals surface area contributed by atoms with Crippen molar-refractivity contribution in [2.75, 3.05) is 36.0 Å². The molecule has 0 bridgehead atoms. The van der Waals surface area contributed by atoms with Crippen LogP contribution in [0.4, 0.5) is 11.6 Å². The Balaban J connectivity index is 1.27. The van der Waals surface area contributed by atoms with Gasteiger partial charge in [0.05, 0.1) is 5.02 Å². The summed E-state index contributed by atoms with van der Waals surface area (Å²) in [5.41, 5.74) is 1.11. The van der Waals surface area contributed by atoms with Crippen molar-refractivity contribution in [3.8, 4) is 0 Å². The van der Waals surface area contributed by atoms with Crippen LogP contribution in [0.15, 0.2) is 36.7 Å². The molecule has 4 rings (SSSR count). The number of carbonyl (C=O) groups excluding carboxylic acids is 1. The van der Waals surface area contributed by atoms with E-state index in [0.29, 0.717) is 11.6 Å². The molecule has 6 nitrogen and oxygen atoms in total. The van der Waals surface area contributed by atoms with Gasteiger partial charge in [0.25, 0.3) is 0 Å². The van der Waals surface area contributed by atoms with Gasteiger partial charge >= 0.3 is 0 Å². The zero-order valence-electron chi connectivity index (χ0n) is 17.4. The fourth-order valence-electron chi connectivity index (χ4n) is 4.30. The Hall–Kier alpha value is -2.34. The summed E-state index contributed by atoms with van der Waals surface area (Å²) in [5, 5.41) is 3.78. The molecule has 0 atom stereocenters. The number of hydrogen-bond acceptors (Lipinski definition) is 5. The van der Waals surface area contributed by atoms with Crippen LogP contribution in [-0.4, -0.2) is 42.1 Å². The molecule has 1 amide bonds. The van der Waals surface area contributed by atoms with Crippen LogP contribution in [0.3, 0.4) is 0 Å². The van der Waals surface area contributed by atoms with E-state index >= 15 is 0 Å². The lowest BCUT2D eigenvalue weighted by atomic mass is 9.96. The molecule has 1 N–H and O–H groups in total. The van der Waals surface area contributed by atoms with Crippen LogP contribution < -0.4 is 15.1 Å². The smallest absolute Gasteiger partial charge is 0.223 e. The van der Waals surface area contributed by atoms with Gasteiger partial charge in [-0.1, -0.05) is 24.4 Å². The van der Waals surface area contributed by atoms with Gasteiger partial charge < -0.3 is 15.1 Å². The maximum absolute atomic E-state index is 12.7. The van der Waals surface area contributed by atoms with Gasteiger partial charge in [0.15, 0.2) is 0 Å². The number of carbonyl (C=O) groups is 1. The van der Waals surface area contributed by atoms with E-state index in [9.17, 15) is 4.79 Å². The maximum atomic E-state index is 12.7. The second-order valence-electron chi connectivity index (χ2n) is 8.24. The predicted octanol–water partition coefficient (Wildman–Crippen LogP) is 4.04. The molecule has 7 heteroatoms. The highest BCUT2D eigenvalue weighted by Gasteiger charge is 2.25. The lowest BCUT2D eigenvalue weighted by molar-refractivity contribution is -0.125. The lowest BCUT2D eigenvalue weighted by Gasteiger charge is -2.32. The summed E-state index contributed by atoms with van der Waals surface area (Å²) in [6, 6.07) is 7.92. The number of nitrogens with one attached hydrogen (secondary N) is 1. The van der Waals surface area contributed by atoms with Crippen molar-refractivity contribution < 1.29 is 4.79 Å². The summed E-state index contributed by atoms with van der Waals surface area (Å²) in [5.74, 6) is 2.16. The van der Waals surface area contributed by atoms with Gasteiger partial charge in [-0.3, -0.25) is 4.79 Å². The maximum Gasteiger partial charge on any atom is 0.223 e. The van der Waals surface area contributed by atoms with Crippen molar-refractivity contribution >= 4 is 29.1 Å². The minimum Gasteiger partial charge on any atom is -0.357 e. The van der Waals surface area contributed by atoms with Crippen LogP contribution in [0, 0.1) is 5.92 Å². The zero-order valence-corrected chi connectivity index (χ0v) is 18.2. The third-order valence-corrected chi connectivity index (χ3v) is 6.33. The van der Waals surface area contributed by atoms with Crippen LogP contribution in [-0.2, 0) is 11.3 Å². The molecule has 2 aromatic heterocycles. The van der Waals surface area contributed by atoms with Gasteiger partial charge in [-0.05, 0) is 55.5 Å². The first-order valence-corrected chi connectivity index (χ1v) is 11.4. The topological polar surface area (TPSA) is 61.4 Å². The fourth-order valence-corrected chi connectivity index (χ4v) is 4.41. The number of pyridine rings is 2. The van der Waals surface area contributed by atoms with Crippen molar-refractivity contribution in [3.05, 3.63) is 47.2 Å². The summed E-state index contributed by atoms with van der Waals surface area (Å²) in [6.07, 6.45) is 10.3. The summed E-state index contributed by atoms with van der Waals surface area (Å²) in [7, 11) is 0. The molecule has 160 valence electrons. The lowest BCUT2D eigenvalue weighted by Crippen LogP contribution is -2.40. The SMILES string of the molecule is O=C(NCc1ccnc(N2CCCCCC2)c1)C1CCN(c2ccc(Cl)cn2)CC1. The van der Waals surface area contributed by atoms with E-state index in [0.717, 1.165) is 56.2 Å². The fraction of sp³-hybridized carbons (Fsp3) is 0.522. The number of rotatable bonds is 5. The molecule has 0 aromatic carbocycles. The number of aromatic nitrogens is 2. The number of amides is 1. The molecule has 4 heterocycles. The average molecular weight is 428 g/mol. The second kappa shape index (κ2) is 10.1. The average Bonchev–Trinajstić information content (AvgIpc) is 3.08. The molecule has 2 fully saturated rings. The number of nitrogens with zero attached hydrogens (tertiary/aromatic N) is 4. The van der Waals surface area contributed by atoms with Gasteiger partial charge in [-0.2, -0.15) is 0 Å². The van der Waals surface area contributed by atoms with Gasteiger partial charge in [-0.25, -0.2) is 9.97 Å². The van der Waals surface area contributed by atoms with Crippen LogP contribution in [0.1, 0.15) is 44.1 Å². The van der Waals surface area contributed by atoms with Crippen molar-refractivity contribution in [1.82, 2.24) is 15.3 Å². The molecular formula is C23H30ClN5O. The van der Waals surface area contributed by atoms with E-state index in [4.69, 9.17) is 11.6 Å². The molecule has 0 radical (unpaired) electrons. The quantitative estimate of drug-likeness (QED) is 0.780. The van der Waals surface area contributed by atoms with Crippen LogP contribution in [0.5, 0.6) is 0 Å². The molecule has 0 unspecified atom stereocenters. The van der Waals surface area contributed by atoms with E-state index in [1.54, 1.807) is 6.20 Å². The minimum atomic E-state index is 0.0560. The Labute approximate surface area is 183 Å². The minimum absolute atomic E-state index is 0.0560. The number of halogens is 1. The van der Waals surface area contributed by atoms with Gasteiger partial charge in [-0.15, -0.1) is 0 Å². The first kappa shape index (κ1) is 20.9. The molecule has 2 aliphatic rings. The highest BCUT2D eigenvalue weighted by molar-refractivity contribution is 6.30. The number of anilines is 2. The molecule has 2 saturated heterocycles. The standard InChI is InChI=1S/C23H30ClN5O/c24-20-5-6-21(26-17-20)29-13-8-19(9-14-29)23(30)27-16-18-7-10-25-22(15-18)28-11-3-1-2-4-12-28/h5-7,10,15,17,19H,1-4,8-9,11-14,16H2,(H,27,30). The summed E-state index contributed by atoms with van der Waals surface area (Å²) < 4.78 is 0. The summed E-state index contributed by atoms with van der Waals surface area (Å²) in [6.45, 7) is 4.37. The highest BCUT2D eigenvalue weighted by atomic mass is 35.5. The van der Waals surface area contributed by atoms with E-state index < -0.39 is 0 Å². The van der Waals surface area contributed by atoms with Crippen LogP contribution >= 0.6 is 11.6 Å². The van der Waals surface area contributed by atoms with E-state index in [1.807, 2.05) is 24.4 Å². The van der Waals surface area contributed by atoms with Gasteiger partial charge in [0.2, 0.25) is 5.91 Å². The summed E-state index contributed by atoms with van der Waals surface area (Å²) in [4.78, 5) is 26.2. The molecule has 0 aliphatic carbocycles. The normalized spacial score (nSPS) is 18.2. The zero-order chi connectivity index (χ0) is 20.8. The highest BCUT2D eigenvalue weighted by Crippen LogP contribution is 2.23. The predicted molar refractivity (Wildman–Crippen MR) is 121 cm³/mol. The molecule has 2 aromatic rings. The first-order valence-electron chi connectivity index (χ1n) is 11.0. The van der Waals surface area contributed by atoms with Crippen molar-refractivity contribution in [2.45, 2.75) is 45.1 Å². The molecule has 0 spiro atoms. The van der Waals surface area contributed by atoms with E-state index in [1.165, 1.54) is 25.7 Å². The largest absolute Gasteiger partial charge is 0.357 e. The number of hydrogen-bond donors (Lipinski definition) is 1. The Kier molecular flexibility index (Phi) is 7.05. The van der Waals surface area contributed by atoms with Gasteiger partial charge in [0, 0.05) is 51.0 Å². The van der Waals surface area contributed by atoms with Crippen molar-refractivity contribution in [2.24, 2.45) is 5.92 Å². The Morgan fingerprint density at radius 1 is 0.967 bits per heavy atom. The summed E-state index contributed by atoms with van der Waals surface area (Å²) >= 11 is 5.92. The third kappa shape index (κ3) is 5.42. The molecule has 30 heavy (non-hydrogen) atoms. The van der Waals surface area contributed by atoms with Crippen LogP contribution in [0.25, 0.3) is 0 Å². The Bertz CT molecular complexity index is 828. The molecule has 2 aliphatic heterocycles. The molecular weight excluding hydrogens is 398 g/mol. The second-order valence-corrected chi connectivity index (χ2v) is 8.67. The first-order chi connectivity index (χ1) is 14.7. The Morgan fingerprint density at radius 2 is 1.70 bits per heavy atom. The van der Waals surface area contributed by atoms with Crippen molar-refractivity contribution in [1.29, 1.82) is 0 Å². The van der Waals surface area contributed by atoms with E-state index in [-0.39, 0.29) is 11.8 Å². The Morgan fingerprint density at radius 3 is 2.40 bits per heavy atom. The van der Waals surface area contributed by atoms with Crippen LogP contribution in [0.2, 0.25) is 5.02 Å².